The highest BCUT2D eigenvalue weighted by atomic mass is 32.2. The molecule has 0 saturated carbocycles. The molecule has 0 aromatic rings. The molecule has 0 aromatic heterocycles. The molecule has 2 rings (SSSR count). The molecule has 104 valence electrons. The van der Waals surface area contributed by atoms with E-state index in [0.29, 0.717) is 5.71 Å². The van der Waals surface area contributed by atoms with Crippen molar-refractivity contribution in [3.63, 3.8) is 0 Å². The van der Waals surface area contributed by atoms with Crippen LogP contribution in [0.5, 0.6) is 0 Å². The maximum absolute atomic E-state index is 12.3. The molecule has 2 heterocycles. The Balaban J connectivity index is 2.52. The Kier molecular flexibility index (Phi) is 3.44. The molecule has 0 spiro atoms. The van der Waals surface area contributed by atoms with Gasteiger partial charge in [-0.2, -0.15) is 4.74 Å². The van der Waals surface area contributed by atoms with Crippen LogP contribution in [0.4, 0.5) is 0 Å². The van der Waals surface area contributed by atoms with Gasteiger partial charge >= 0.3 is 11.0 Å². The maximum atomic E-state index is 12.3. The summed E-state index contributed by atoms with van der Waals surface area (Å²) in [5.74, 6) is -0.523. The van der Waals surface area contributed by atoms with E-state index in [4.69, 9.17) is 9.47 Å². The van der Waals surface area contributed by atoms with Crippen LogP contribution in [0.3, 0.4) is 0 Å². The third kappa shape index (κ3) is 1.80. The van der Waals surface area contributed by atoms with Gasteiger partial charge in [-0.3, -0.25) is 4.99 Å². The Morgan fingerprint density at radius 2 is 2.11 bits per heavy atom. The lowest BCUT2D eigenvalue weighted by atomic mass is 9.93. The summed E-state index contributed by atoms with van der Waals surface area (Å²) in [6.07, 6.45) is 0. The van der Waals surface area contributed by atoms with Crippen LogP contribution in [-0.2, 0) is 14.3 Å². The first-order valence-electron chi connectivity index (χ1n) is 5.78. The number of carbonyl (C=O) groups is 1. The molecule has 6 nitrogen and oxygen atoms in total. The number of carbonyl (C=O) groups excluding carboxylic acids is 1. The number of methoxy groups -OCH3 is 2. The fourth-order valence-electron chi connectivity index (χ4n) is 2.30. The molecule has 0 aliphatic carbocycles. The molecule has 0 N–H and O–H groups in total. The second-order valence-corrected chi connectivity index (χ2v) is 5.91. The van der Waals surface area contributed by atoms with Gasteiger partial charge in [0.2, 0.25) is 11.8 Å². The van der Waals surface area contributed by atoms with Crippen LogP contribution in [0.25, 0.3) is 0 Å². The van der Waals surface area contributed by atoms with Crippen molar-refractivity contribution in [3.05, 3.63) is 16.4 Å². The average Bonchev–Trinajstić information content (AvgIpc) is 2.68. The predicted octanol–water partition coefficient (Wildman–Crippen LogP) is 1.29. The summed E-state index contributed by atoms with van der Waals surface area (Å²) < 4.78 is 10.8. The van der Waals surface area contributed by atoms with E-state index in [9.17, 15) is 10.0 Å². The van der Waals surface area contributed by atoms with E-state index in [1.54, 1.807) is 13.8 Å². The second kappa shape index (κ2) is 4.64. The summed E-state index contributed by atoms with van der Waals surface area (Å²) >= 11 is 1.27. The number of hydroxylamine groups is 1. The number of thioether (sulfide) groups is 1. The van der Waals surface area contributed by atoms with Gasteiger partial charge in [-0.05, 0) is 20.8 Å². The van der Waals surface area contributed by atoms with E-state index in [-0.39, 0.29) is 5.57 Å². The van der Waals surface area contributed by atoms with E-state index >= 15 is 0 Å². The molecule has 0 fully saturated rings. The SMILES string of the molecule is COC(=O)C(=C(C)C)C1=[N+]([O-])C2(OC)SC(C)=NC12. The minimum Gasteiger partial charge on any atom is -0.621 e. The van der Waals surface area contributed by atoms with E-state index in [1.165, 1.54) is 26.0 Å². The highest BCUT2D eigenvalue weighted by Crippen LogP contribution is 2.47. The average molecular weight is 284 g/mol. The minimum absolute atomic E-state index is 0.286. The van der Waals surface area contributed by atoms with Crippen molar-refractivity contribution in [2.45, 2.75) is 31.9 Å². The number of hydrogen-bond donors (Lipinski definition) is 0. The lowest BCUT2D eigenvalue weighted by molar-refractivity contribution is -0.603. The molecule has 0 bridgehead atoms. The van der Waals surface area contributed by atoms with Crippen LogP contribution >= 0.6 is 11.8 Å². The fraction of sp³-hybridized carbons (Fsp3) is 0.583. The molecular weight excluding hydrogens is 268 g/mol. The summed E-state index contributed by atoms with van der Waals surface area (Å²) in [6.45, 7) is 5.34. The van der Waals surface area contributed by atoms with E-state index in [0.717, 1.165) is 15.4 Å². The van der Waals surface area contributed by atoms with Crippen LogP contribution in [0.15, 0.2) is 16.1 Å². The van der Waals surface area contributed by atoms with Crippen molar-refractivity contribution < 1.29 is 19.0 Å². The van der Waals surface area contributed by atoms with E-state index in [2.05, 4.69) is 4.99 Å². The first-order chi connectivity index (χ1) is 8.89. The molecule has 0 radical (unpaired) electrons. The van der Waals surface area contributed by atoms with Gasteiger partial charge in [0, 0.05) is 18.9 Å². The van der Waals surface area contributed by atoms with Crippen molar-refractivity contribution in [1.29, 1.82) is 0 Å². The smallest absolute Gasteiger partial charge is 0.366 e. The number of ether oxygens (including phenoxy) is 2. The highest BCUT2D eigenvalue weighted by Gasteiger charge is 2.68. The normalized spacial score (nSPS) is 28.5. The third-order valence-electron chi connectivity index (χ3n) is 3.15. The van der Waals surface area contributed by atoms with Gasteiger partial charge in [0.05, 0.1) is 12.2 Å². The molecule has 2 unspecified atom stereocenters. The molecular formula is C12H16N2O4S. The van der Waals surface area contributed by atoms with Gasteiger partial charge in [0.1, 0.15) is 5.57 Å². The first-order valence-corrected chi connectivity index (χ1v) is 6.59. The number of nitrogens with zero attached hydrogens (tertiary/aromatic N) is 2. The number of allylic oxidation sites excluding steroid dienone is 1. The molecule has 2 aliphatic rings. The van der Waals surface area contributed by atoms with E-state index in [1.807, 2.05) is 6.92 Å². The molecule has 0 aromatic carbocycles. The number of fused-ring (bicyclic) bond motifs is 1. The van der Waals surface area contributed by atoms with Crippen molar-refractivity contribution >= 4 is 28.5 Å². The van der Waals surface area contributed by atoms with Crippen LogP contribution in [-0.4, -0.2) is 46.8 Å². The second-order valence-electron chi connectivity index (χ2n) is 4.53. The lowest BCUT2D eigenvalue weighted by Crippen LogP contribution is -2.63. The van der Waals surface area contributed by atoms with Crippen LogP contribution < -0.4 is 0 Å². The Morgan fingerprint density at radius 1 is 1.47 bits per heavy atom. The van der Waals surface area contributed by atoms with Crippen LogP contribution in [0.2, 0.25) is 0 Å². The standard InChI is InChI=1S/C12H16N2O4S/c1-6(2)8(11(15)17-4)9-10-12(18-5,14(9)16)19-7(3)13-10/h10H,1-5H3. The fourth-order valence-corrected chi connectivity index (χ4v) is 3.42. The number of aliphatic imine (C=N–C) groups is 1. The quantitative estimate of drug-likeness (QED) is 0.338. The Morgan fingerprint density at radius 3 is 2.58 bits per heavy atom. The number of esters is 1. The first kappa shape index (κ1) is 14.1. The minimum atomic E-state index is -1.06. The lowest BCUT2D eigenvalue weighted by Gasteiger charge is -2.38. The number of hydrogen-bond acceptors (Lipinski definition) is 6. The molecule has 7 heteroatoms. The molecule has 2 aliphatic heterocycles. The molecule has 0 saturated heterocycles. The molecule has 2 atom stereocenters. The van der Waals surface area contributed by atoms with E-state index < -0.39 is 17.1 Å². The largest absolute Gasteiger partial charge is 0.621 e. The van der Waals surface area contributed by atoms with Gasteiger partial charge in [-0.1, -0.05) is 5.57 Å². The summed E-state index contributed by atoms with van der Waals surface area (Å²) in [6, 6.07) is -0.455. The monoisotopic (exact) mass is 284 g/mol. The van der Waals surface area contributed by atoms with Crippen molar-refractivity contribution in [2.75, 3.05) is 14.2 Å². The highest BCUT2D eigenvalue weighted by molar-refractivity contribution is 8.15. The van der Waals surface area contributed by atoms with Gasteiger partial charge < -0.3 is 14.7 Å². The Labute approximate surface area is 115 Å². The van der Waals surface area contributed by atoms with Gasteiger partial charge in [-0.15, -0.1) is 0 Å². The van der Waals surface area contributed by atoms with Crippen molar-refractivity contribution in [2.24, 2.45) is 4.99 Å². The van der Waals surface area contributed by atoms with Crippen LogP contribution in [0, 0.1) is 5.21 Å². The van der Waals surface area contributed by atoms with Crippen molar-refractivity contribution in [3.8, 4) is 0 Å². The predicted molar refractivity (Wildman–Crippen MR) is 73.3 cm³/mol. The maximum Gasteiger partial charge on any atom is 0.366 e. The zero-order valence-electron chi connectivity index (χ0n) is 11.5. The Bertz CT molecular complexity index is 534. The molecule has 19 heavy (non-hydrogen) atoms. The summed E-state index contributed by atoms with van der Waals surface area (Å²) in [5.41, 5.74) is 1.32. The van der Waals surface area contributed by atoms with Crippen molar-refractivity contribution in [1.82, 2.24) is 0 Å². The summed E-state index contributed by atoms with van der Waals surface area (Å²) in [4.78, 5) is 16.2. The van der Waals surface area contributed by atoms with Gasteiger partial charge in [0.15, 0.2) is 0 Å². The van der Waals surface area contributed by atoms with Gasteiger partial charge in [0.25, 0.3) is 0 Å². The zero-order valence-corrected chi connectivity index (χ0v) is 12.3. The zero-order chi connectivity index (χ0) is 14.4. The van der Waals surface area contributed by atoms with Crippen LogP contribution in [0.1, 0.15) is 20.8 Å². The van der Waals surface area contributed by atoms with Gasteiger partial charge in [-0.25, -0.2) is 4.79 Å². The molecule has 0 amide bonds. The topological polar surface area (TPSA) is 74.0 Å². The number of rotatable bonds is 3. The summed E-state index contributed by atoms with van der Waals surface area (Å²) in [7, 11) is 2.76. The third-order valence-corrected chi connectivity index (χ3v) is 4.40. The Hall–Kier alpha value is -1.34. The summed E-state index contributed by atoms with van der Waals surface area (Å²) in [5, 5.41) is 12.0.